The van der Waals surface area contributed by atoms with E-state index >= 15 is 0 Å². The molecule has 0 fully saturated rings. The molecule has 1 rings (SSSR count). The summed E-state index contributed by atoms with van der Waals surface area (Å²) in [4.78, 5) is 11.1. The number of aromatic nitrogens is 1. The Morgan fingerprint density at radius 1 is 1.50 bits per heavy atom. The van der Waals surface area contributed by atoms with E-state index in [-0.39, 0.29) is 29.9 Å². The summed E-state index contributed by atoms with van der Waals surface area (Å²) in [5.41, 5.74) is 1.05. The van der Waals surface area contributed by atoms with Gasteiger partial charge in [0.25, 0.3) is 0 Å². The highest BCUT2D eigenvalue weighted by Crippen LogP contribution is 1.88. The van der Waals surface area contributed by atoms with Gasteiger partial charge in [0, 0.05) is 19.1 Å². The number of rotatable bonds is 3. The molecule has 0 unspecified atom stereocenters. The SMILES string of the molecule is CCOC(=O)C[n+]1ccccc1C.[I-]. The number of hydrogen-bond donors (Lipinski definition) is 0. The van der Waals surface area contributed by atoms with Gasteiger partial charge in [-0.2, -0.15) is 4.57 Å². The van der Waals surface area contributed by atoms with E-state index in [4.69, 9.17) is 4.74 Å². The minimum Gasteiger partial charge on any atom is -1.00 e. The van der Waals surface area contributed by atoms with E-state index in [2.05, 4.69) is 0 Å². The number of esters is 1. The van der Waals surface area contributed by atoms with Gasteiger partial charge in [-0.25, -0.2) is 4.79 Å². The molecule has 1 aromatic heterocycles. The first-order chi connectivity index (χ1) is 6.24. The molecule has 0 atom stereocenters. The van der Waals surface area contributed by atoms with Gasteiger partial charge in [-0.1, -0.05) is 6.07 Å². The van der Waals surface area contributed by atoms with Crippen molar-refractivity contribution in [3.05, 3.63) is 30.1 Å². The summed E-state index contributed by atoms with van der Waals surface area (Å²) < 4.78 is 6.70. The van der Waals surface area contributed by atoms with Crippen LogP contribution in [0.2, 0.25) is 0 Å². The highest BCUT2D eigenvalue weighted by Gasteiger charge is 2.11. The van der Waals surface area contributed by atoms with Gasteiger partial charge in [0.15, 0.2) is 11.9 Å². The lowest BCUT2D eigenvalue weighted by Crippen LogP contribution is -3.00. The van der Waals surface area contributed by atoms with Crippen LogP contribution < -0.4 is 28.5 Å². The van der Waals surface area contributed by atoms with Crippen LogP contribution in [0.15, 0.2) is 24.4 Å². The van der Waals surface area contributed by atoms with E-state index in [0.29, 0.717) is 13.2 Å². The van der Waals surface area contributed by atoms with Crippen LogP contribution in [0, 0.1) is 6.92 Å². The monoisotopic (exact) mass is 307 g/mol. The fraction of sp³-hybridized carbons (Fsp3) is 0.400. The fourth-order valence-corrected chi connectivity index (χ4v) is 1.08. The molecule has 0 bridgehead atoms. The Morgan fingerprint density at radius 2 is 2.21 bits per heavy atom. The quantitative estimate of drug-likeness (QED) is 0.362. The Hall–Kier alpha value is -0.650. The van der Waals surface area contributed by atoms with Crippen molar-refractivity contribution in [3.8, 4) is 0 Å². The van der Waals surface area contributed by atoms with E-state index < -0.39 is 0 Å². The third kappa shape index (κ3) is 4.04. The van der Waals surface area contributed by atoms with Crippen molar-refractivity contribution in [2.24, 2.45) is 0 Å². The molecule has 1 aromatic rings. The molecular weight excluding hydrogens is 293 g/mol. The van der Waals surface area contributed by atoms with Crippen molar-refractivity contribution in [2.45, 2.75) is 20.4 Å². The summed E-state index contributed by atoms with van der Waals surface area (Å²) in [6.45, 7) is 4.49. The van der Waals surface area contributed by atoms with Gasteiger partial charge < -0.3 is 28.7 Å². The Bertz CT molecular complexity index is 302. The maximum Gasteiger partial charge on any atom is 0.372 e. The van der Waals surface area contributed by atoms with Crippen LogP contribution in [0.4, 0.5) is 0 Å². The van der Waals surface area contributed by atoms with Crippen molar-refractivity contribution in [3.63, 3.8) is 0 Å². The van der Waals surface area contributed by atoms with Gasteiger partial charge in [-0.3, -0.25) is 0 Å². The van der Waals surface area contributed by atoms with E-state index in [9.17, 15) is 4.79 Å². The van der Waals surface area contributed by atoms with E-state index in [0.717, 1.165) is 5.69 Å². The van der Waals surface area contributed by atoms with Crippen LogP contribution in [0.1, 0.15) is 12.6 Å². The molecule has 0 aliphatic rings. The Balaban J connectivity index is 0.00000169. The second-order valence-corrected chi connectivity index (χ2v) is 2.77. The zero-order valence-corrected chi connectivity index (χ0v) is 10.5. The maximum atomic E-state index is 11.1. The average molecular weight is 307 g/mol. The minimum atomic E-state index is -0.193. The topological polar surface area (TPSA) is 30.2 Å². The lowest BCUT2D eigenvalue weighted by Gasteiger charge is -1.99. The number of carbonyl (C=O) groups is 1. The molecule has 0 spiro atoms. The molecule has 0 aliphatic heterocycles. The van der Waals surface area contributed by atoms with Crippen LogP contribution in [0.25, 0.3) is 0 Å². The number of carbonyl (C=O) groups excluding carboxylic acids is 1. The third-order valence-electron chi connectivity index (χ3n) is 1.77. The molecule has 4 heteroatoms. The summed E-state index contributed by atoms with van der Waals surface area (Å²) in [5, 5.41) is 0. The first kappa shape index (κ1) is 13.4. The zero-order chi connectivity index (χ0) is 9.68. The van der Waals surface area contributed by atoms with Crippen molar-refractivity contribution in [2.75, 3.05) is 6.61 Å². The molecule has 1 heterocycles. The summed E-state index contributed by atoms with van der Waals surface area (Å²) in [7, 11) is 0. The Labute approximate surface area is 101 Å². The predicted octanol–water partition coefficient (Wildman–Crippen LogP) is -2.15. The summed E-state index contributed by atoms with van der Waals surface area (Å²) >= 11 is 0. The smallest absolute Gasteiger partial charge is 0.372 e. The van der Waals surface area contributed by atoms with Crippen LogP contribution in [-0.4, -0.2) is 12.6 Å². The molecule has 0 aliphatic carbocycles. The second-order valence-electron chi connectivity index (χ2n) is 2.77. The molecule has 0 radical (unpaired) electrons. The first-order valence-electron chi connectivity index (χ1n) is 4.34. The van der Waals surface area contributed by atoms with Crippen LogP contribution in [0.3, 0.4) is 0 Å². The van der Waals surface area contributed by atoms with Crippen LogP contribution in [0.5, 0.6) is 0 Å². The van der Waals surface area contributed by atoms with E-state index in [1.54, 1.807) is 6.92 Å². The molecular formula is C10H14INO2. The van der Waals surface area contributed by atoms with Crippen molar-refractivity contribution in [1.29, 1.82) is 0 Å². The Kier molecular flexibility index (Phi) is 6.44. The maximum absolute atomic E-state index is 11.1. The number of hydrogen-bond acceptors (Lipinski definition) is 2. The molecule has 3 nitrogen and oxygen atoms in total. The number of aryl methyl sites for hydroxylation is 1. The minimum absolute atomic E-state index is 0. The molecule has 0 saturated heterocycles. The second kappa shape index (κ2) is 6.75. The normalized spacial score (nSPS) is 9.00. The number of pyridine rings is 1. The van der Waals surface area contributed by atoms with Crippen LogP contribution >= 0.6 is 0 Å². The molecule has 78 valence electrons. The number of halogens is 1. The average Bonchev–Trinajstić information content (AvgIpc) is 2.09. The number of nitrogens with zero attached hydrogens (tertiary/aromatic N) is 1. The van der Waals surface area contributed by atoms with Crippen molar-refractivity contribution < 1.29 is 38.1 Å². The summed E-state index contributed by atoms with van der Waals surface area (Å²) in [6, 6.07) is 5.79. The standard InChI is InChI=1S/C10H14NO2.HI/c1-3-13-10(12)8-11-7-5-4-6-9(11)2;/h4-7H,3,8H2,1-2H3;1H/q+1;/p-1. The molecule has 0 amide bonds. The molecule has 14 heavy (non-hydrogen) atoms. The van der Waals surface area contributed by atoms with Gasteiger partial charge in [0.2, 0.25) is 6.54 Å². The largest absolute Gasteiger partial charge is 1.00 e. The molecule has 0 N–H and O–H groups in total. The van der Waals surface area contributed by atoms with Crippen molar-refractivity contribution in [1.82, 2.24) is 0 Å². The highest BCUT2D eigenvalue weighted by atomic mass is 127. The first-order valence-corrected chi connectivity index (χ1v) is 4.34. The lowest BCUT2D eigenvalue weighted by molar-refractivity contribution is -0.691. The lowest BCUT2D eigenvalue weighted by atomic mass is 10.3. The number of ether oxygens (including phenoxy) is 1. The summed E-state index contributed by atoms with van der Waals surface area (Å²) in [5.74, 6) is -0.193. The van der Waals surface area contributed by atoms with Crippen LogP contribution in [-0.2, 0) is 16.1 Å². The van der Waals surface area contributed by atoms with E-state index in [1.807, 2.05) is 35.9 Å². The van der Waals surface area contributed by atoms with Gasteiger partial charge >= 0.3 is 5.97 Å². The molecule has 0 aromatic carbocycles. The van der Waals surface area contributed by atoms with Gasteiger partial charge in [-0.15, -0.1) is 0 Å². The Morgan fingerprint density at radius 3 is 2.79 bits per heavy atom. The zero-order valence-electron chi connectivity index (χ0n) is 8.37. The third-order valence-corrected chi connectivity index (χ3v) is 1.77. The van der Waals surface area contributed by atoms with Gasteiger partial charge in [-0.05, 0) is 6.92 Å². The predicted molar refractivity (Wildman–Crippen MR) is 48.0 cm³/mol. The summed E-state index contributed by atoms with van der Waals surface area (Å²) in [6.07, 6.45) is 1.87. The van der Waals surface area contributed by atoms with Gasteiger partial charge in [0.05, 0.1) is 6.61 Å². The highest BCUT2D eigenvalue weighted by molar-refractivity contribution is 5.67. The fourth-order valence-electron chi connectivity index (χ4n) is 1.08. The van der Waals surface area contributed by atoms with E-state index in [1.165, 1.54) is 0 Å². The molecule has 0 saturated carbocycles. The van der Waals surface area contributed by atoms with Crippen molar-refractivity contribution >= 4 is 5.97 Å². The van der Waals surface area contributed by atoms with Gasteiger partial charge in [0.1, 0.15) is 0 Å².